The summed E-state index contributed by atoms with van der Waals surface area (Å²) in [6.07, 6.45) is 0.181. The Morgan fingerprint density at radius 3 is 1.23 bits per heavy atom. The molecule has 0 aliphatic rings. The van der Waals surface area contributed by atoms with Crippen molar-refractivity contribution in [2.45, 2.75) is 47.6 Å². The third-order valence-electron chi connectivity index (χ3n) is 3.30. The van der Waals surface area contributed by atoms with E-state index in [1.165, 1.54) is 0 Å². The first-order chi connectivity index (χ1) is 5.91. The van der Waals surface area contributed by atoms with Gasteiger partial charge in [-0.25, -0.2) is 0 Å². The van der Waals surface area contributed by atoms with Crippen LogP contribution in [0.4, 0.5) is 0 Å². The van der Waals surface area contributed by atoms with Gasteiger partial charge in [-0.3, -0.25) is 0 Å². The summed E-state index contributed by atoms with van der Waals surface area (Å²) in [4.78, 5) is 0. The minimum atomic E-state index is 0.181. The van der Waals surface area contributed by atoms with E-state index in [0.717, 1.165) is 0 Å². The van der Waals surface area contributed by atoms with Crippen LogP contribution in [0.2, 0.25) is 0 Å². The second kappa shape index (κ2) is 5.69. The summed E-state index contributed by atoms with van der Waals surface area (Å²) < 4.78 is 5.10. The van der Waals surface area contributed by atoms with Crippen LogP contribution in [0.3, 0.4) is 0 Å². The zero-order valence-corrected chi connectivity index (χ0v) is 9.87. The van der Waals surface area contributed by atoms with Gasteiger partial charge in [-0.05, 0) is 23.7 Å². The van der Waals surface area contributed by atoms with Crippen molar-refractivity contribution >= 4 is 8.05 Å². The molecule has 0 fully saturated rings. The fraction of sp³-hybridized carbons (Fsp3) is 1.00. The first-order valence-electron chi connectivity index (χ1n) is 5.27. The predicted molar refractivity (Wildman–Crippen MR) is 58.6 cm³/mol. The van der Waals surface area contributed by atoms with Crippen molar-refractivity contribution < 1.29 is 4.65 Å². The van der Waals surface area contributed by atoms with E-state index >= 15 is 0 Å². The average Bonchev–Trinajstić information content (AvgIpc) is 2.04. The highest BCUT2D eigenvalue weighted by atomic mass is 16.4. The molecule has 0 bridgehead atoms. The summed E-state index contributed by atoms with van der Waals surface area (Å²) in [6, 6.07) is 0. The van der Waals surface area contributed by atoms with Crippen molar-refractivity contribution in [3.8, 4) is 0 Å². The van der Waals surface area contributed by atoms with Crippen LogP contribution >= 0.6 is 0 Å². The van der Waals surface area contributed by atoms with Gasteiger partial charge in [0.2, 0.25) is 0 Å². The Kier molecular flexibility index (Phi) is 5.70. The van der Waals surface area contributed by atoms with Crippen LogP contribution in [-0.4, -0.2) is 14.2 Å². The molecule has 2 unspecified atom stereocenters. The van der Waals surface area contributed by atoms with Crippen LogP contribution in [0.15, 0.2) is 0 Å². The fourth-order valence-corrected chi connectivity index (χ4v) is 1.49. The second-order valence-corrected chi connectivity index (χ2v) is 4.81. The lowest BCUT2D eigenvalue weighted by Crippen LogP contribution is -2.34. The standard InChI is InChI=1S/C11H23BO/c1-7(2)9(5)11(13-12)10(6)8(3)4/h7-11H,1-6H3. The molecule has 0 aromatic heterocycles. The van der Waals surface area contributed by atoms with Gasteiger partial charge in [-0.1, -0.05) is 41.5 Å². The second-order valence-electron chi connectivity index (χ2n) is 4.81. The Hall–Kier alpha value is 0.0249. The predicted octanol–water partition coefficient (Wildman–Crippen LogP) is 3.04. The molecule has 2 atom stereocenters. The van der Waals surface area contributed by atoms with E-state index in [1.54, 1.807) is 0 Å². The van der Waals surface area contributed by atoms with Crippen molar-refractivity contribution in [3.05, 3.63) is 0 Å². The number of hydrogen-bond acceptors (Lipinski definition) is 1. The Morgan fingerprint density at radius 2 is 1.08 bits per heavy atom. The first kappa shape index (κ1) is 13.0. The molecule has 0 spiro atoms. The normalized spacial score (nSPS) is 19.1. The molecular weight excluding hydrogens is 159 g/mol. The van der Waals surface area contributed by atoms with Gasteiger partial charge in [-0.15, -0.1) is 0 Å². The van der Waals surface area contributed by atoms with Crippen molar-refractivity contribution in [1.29, 1.82) is 0 Å². The monoisotopic (exact) mass is 182 g/mol. The largest absolute Gasteiger partial charge is 0.444 e. The molecule has 0 rings (SSSR count). The van der Waals surface area contributed by atoms with Gasteiger partial charge in [-0.2, -0.15) is 0 Å². The molecule has 0 aliphatic carbocycles. The summed E-state index contributed by atoms with van der Waals surface area (Å²) >= 11 is 0. The molecule has 0 saturated carbocycles. The quantitative estimate of drug-likeness (QED) is 0.593. The van der Waals surface area contributed by atoms with Gasteiger partial charge < -0.3 is 4.65 Å². The molecule has 76 valence electrons. The Bertz CT molecular complexity index is 120. The smallest absolute Gasteiger partial charge is 0.283 e. The minimum Gasteiger partial charge on any atom is -0.444 e. The van der Waals surface area contributed by atoms with Crippen molar-refractivity contribution in [1.82, 2.24) is 0 Å². The lowest BCUT2D eigenvalue weighted by atomic mass is 9.80. The van der Waals surface area contributed by atoms with Crippen LogP contribution < -0.4 is 0 Å². The van der Waals surface area contributed by atoms with Crippen LogP contribution in [0, 0.1) is 23.7 Å². The molecule has 0 saturated heterocycles. The molecule has 0 N–H and O–H groups in total. The lowest BCUT2D eigenvalue weighted by Gasteiger charge is -2.33. The van der Waals surface area contributed by atoms with E-state index in [0.29, 0.717) is 23.7 Å². The van der Waals surface area contributed by atoms with Gasteiger partial charge in [0.1, 0.15) is 0 Å². The van der Waals surface area contributed by atoms with E-state index < -0.39 is 0 Å². The van der Waals surface area contributed by atoms with Crippen LogP contribution in [0.25, 0.3) is 0 Å². The third-order valence-corrected chi connectivity index (χ3v) is 3.30. The molecular formula is C11H23BO. The molecule has 0 amide bonds. The van der Waals surface area contributed by atoms with E-state index in [1.807, 2.05) is 0 Å². The van der Waals surface area contributed by atoms with Gasteiger partial charge >= 0.3 is 0 Å². The van der Waals surface area contributed by atoms with Crippen molar-refractivity contribution in [2.75, 3.05) is 0 Å². The third kappa shape index (κ3) is 3.72. The molecule has 2 radical (unpaired) electrons. The fourth-order valence-electron chi connectivity index (χ4n) is 1.49. The summed E-state index contributed by atoms with van der Waals surface area (Å²) in [5.41, 5.74) is 0. The number of hydrogen-bond donors (Lipinski definition) is 0. The summed E-state index contributed by atoms with van der Waals surface area (Å²) in [6.45, 7) is 13.3. The highest BCUT2D eigenvalue weighted by Gasteiger charge is 2.26. The molecule has 13 heavy (non-hydrogen) atoms. The van der Waals surface area contributed by atoms with E-state index in [4.69, 9.17) is 12.7 Å². The van der Waals surface area contributed by atoms with Crippen LogP contribution in [-0.2, 0) is 4.65 Å². The molecule has 1 nitrogen and oxygen atoms in total. The zero-order chi connectivity index (χ0) is 10.6. The molecule has 2 heteroatoms. The zero-order valence-electron chi connectivity index (χ0n) is 9.87. The topological polar surface area (TPSA) is 9.23 Å². The van der Waals surface area contributed by atoms with E-state index in [2.05, 4.69) is 41.5 Å². The van der Waals surface area contributed by atoms with Crippen LogP contribution in [0.5, 0.6) is 0 Å². The maximum absolute atomic E-state index is 5.35. The molecule has 0 heterocycles. The first-order valence-corrected chi connectivity index (χ1v) is 5.27. The molecule has 0 aromatic rings. The maximum atomic E-state index is 5.35. The Labute approximate surface area is 84.7 Å². The van der Waals surface area contributed by atoms with E-state index in [9.17, 15) is 0 Å². The van der Waals surface area contributed by atoms with Crippen LogP contribution in [0.1, 0.15) is 41.5 Å². The number of rotatable bonds is 5. The van der Waals surface area contributed by atoms with Gasteiger partial charge in [0.05, 0.1) is 0 Å². The van der Waals surface area contributed by atoms with Crippen molar-refractivity contribution in [2.24, 2.45) is 23.7 Å². The summed E-state index contributed by atoms with van der Waals surface area (Å²) in [7, 11) is 5.35. The molecule has 0 aliphatic heterocycles. The SMILES string of the molecule is [B]OC(C(C)C(C)C)C(C)C(C)C. The highest BCUT2D eigenvalue weighted by molar-refractivity contribution is 5.98. The minimum absolute atomic E-state index is 0.181. The Balaban J connectivity index is 4.31. The summed E-state index contributed by atoms with van der Waals surface area (Å²) in [5, 5.41) is 0. The van der Waals surface area contributed by atoms with Gasteiger partial charge in [0.15, 0.2) is 0 Å². The lowest BCUT2D eigenvalue weighted by molar-refractivity contribution is 0.0563. The highest BCUT2D eigenvalue weighted by Crippen LogP contribution is 2.27. The van der Waals surface area contributed by atoms with Gasteiger partial charge in [0.25, 0.3) is 8.05 Å². The summed E-state index contributed by atoms with van der Waals surface area (Å²) in [5.74, 6) is 2.27. The van der Waals surface area contributed by atoms with Gasteiger partial charge in [0, 0.05) is 6.10 Å². The van der Waals surface area contributed by atoms with Crippen molar-refractivity contribution in [3.63, 3.8) is 0 Å². The Morgan fingerprint density at radius 1 is 0.769 bits per heavy atom. The molecule has 0 aromatic carbocycles. The van der Waals surface area contributed by atoms with E-state index in [-0.39, 0.29) is 6.10 Å². The average molecular weight is 182 g/mol. The maximum Gasteiger partial charge on any atom is 0.283 e.